The summed E-state index contributed by atoms with van der Waals surface area (Å²) in [7, 11) is 0. The number of fused-ring (bicyclic) bond motifs is 3. The first kappa shape index (κ1) is 23.9. The van der Waals surface area contributed by atoms with Crippen molar-refractivity contribution in [3.63, 3.8) is 0 Å². The number of benzene rings is 3. The third-order valence-electron chi connectivity index (χ3n) is 5.71. The van der Waals surface area contributed by atoms with Crippen LogP contribution in [0.4, 0.5) is 13.2 Å². The molecule has 5 aromatic rings. The maximum Gasteiger partial charge on any atom is 0.573 e. The summed E-state index contributed by atoms with van der Waals surface area (Å²) in [6.45, 7) is 4.18. The lowest BCUT2D eigenvalue weighted by Crippen LogP contribution is -2.30. The van der Waals surface area contributed by atoms with Gasteiger partial charge in [-0.25, -0.2) is 4.98 Å². The van der Waals surface area contributed by atoms with Crippen molar-refractivity contribution in [2.75, 3.05) is 0 Å². The Morgan fingerprint density at radius 2 is 1.47 bits per heavy atom. The van der Waals surface area contributed by atoms with Gasteiger partial charge in [-0.3, -0.25) is 4.98 Å². The second kappa shape index (κ2) is 9.02. The van der Waals surface area contributed by atoms with E-state index in [1.54, 1.807) is 42.6 Å². The molecular formula is C27H21ClF3N3O2. The maximum absolute atomic E-state index is 12.6. The number of imidazole rings is 1. The standard InChI is InChI=1S/C27H21ClF3N3O2/c1-26(2,35-19-11-7-18(28)8-12-19)25-33-23-14-13-22-21(4-3-15-32-22)24(23)34(25)16-17-5-9-20(10-6-17)36-27(29,30)31/h3-15H,16H2,1-2H3. The fraction of sp³-hybridized carbons (Fsp3) is 0.185. The van der Waals surface area contributed by atoms with E-state index in [1.807, 2.05) is 42.7 Å². The second-order valence-corrected chi connectivity index (χ2v) is 9.22. The van der Waals surface area contributed by atoms with E-state index >= 15 is 0 Å². The van der Waals surface area contributed by atoms with Gasteiger partial charge in [0.2, 0.25) is 0 Å². The Hall–Kier alpha value is -3.78. The van der Waals surface area contributed by atoms with Gasteiger partial charge >= 0.3 is 6.36 Å². The highest BCUT2D eigenvalue weighted by Gasteiger charge is 2.32. The van der Waals surface area contributed by atoms with E-state index in [1.165, 1.54) is 12.1 Å². The number of pyridine rings is 1. The maximum atomic E-state index is 12.6. The van der Waals surface area contributed by atoms with Gasteiger partial charge in [0.15, 0.2) is 11.4 Å². The number of alkyl halides is 3. The first-order chi connectivity index (χ1) is 17.1. The van der Waals surface area contributed by atoms with Gasteiger partial charge in [-0.2, -0.15) is 0 Å². The highest BCUT2D eigenvalue weighted by atomic mass is 35.5. The van der Waals surface area contributed by atoms with Gasteiger partial charge in [0.1, 0.15) is 11.5 Å². The van der Waals surface area contributed by atoms with Crippen LogP contribution in [0.25, 0.3) is 21.9 Å². The van der Waals surface area contributed by atoms with Gasteiger partial charge < -0.3 is 14.0 Å². The van der Waals surface area contributed by atoms with Gasteiger partial charge in [0.25, 0.3) is 0 Å². The molecule has 0 radical (unpaired) electrons. The molecule has 0 fully saturated rings. The number of nitrogens with zero attached hydrogens (tertiary/aromatic N) is 3. The topological polar surface area (TPSA) is 49.2 Å². The molecule has 3 aromatic carbocycles. The van der Waals surface area contributed by atoms with Gasteiger partial charge in [-0.1, -0.05) is 23.7 Å². The summed E-state index contributed by atoms with van der Waals surface area (Å²) in [4.78, 5) is 9.39. The van der Waals surface area contributed by atoms with E-state index in [4.69, 9.17) is 21.3 Å². The summed E-state index contributed by atoms with van der Waals surface area (Å²) in [6, 6.07) is 20.5. The Morgan fingerprint density at radius 3 is 2.17 bits per heavy atom. The zero-order valence-corrected chi connectivity index (χ0v) is 20.1. The lowest BCUT2D eigenvalue weighted by atomic mass is 10.1. The van der Waals surface area contributed by atoms with E-state index in [9.17, 15) is 13.2 Å². The van der Waals surface area contributed by atoms with Gasteiger partial charge in [-0.15, -0.1) is 13.2 Å². The van der Waals surface area contributed by atoms with Crippen LogP contribution in [0, 0.1) is 0 Å². The molecule has 5 rings (SSSR count). The summed E-state index contributed by atoms with van der Waals surface area (Å²) >= 11 is 6.02. The average Bonchev–Trinajstić information content (AvgIpc) is 3.21. The Balaban J connectivity index is 1.61. The SMILES string of the molecule is CC(C)(Oc1ccc(Cl)cc1)c1nc2ccc3ncccc3c2n1Cc1ccc(OC(F)(F)F)cc1. The predicted molar refractivity (Wildman–Crippen MR) is 132 cm³/mol. The Bertz CT molecular complexity index is 1530. The molecule has 0 unspecified atom stereocenters. The Kier molecular flexibility index (Phi) is 6.00. The van der Waals surface area contributed by atoms with Crippen LogP contribution >= 0.6 is 11.6 Å². The van der Waals surface area contributed by atoms with E-state index in [2.05, 4.69) is 9.72 Å². The van der Waals surface area contributed by atoms with Crippen LogP contribution < -0.4 is 9.47 Å². The molecular weight excluding hydrogens is 491 g/mol. The largest absolute Gasteiger partial charge is 0.573 e. The molecule has 0 bridgehead atoms. The minimum Gasteiger partial charge on any atom is -0.480 e. The first-order valence-corrected chi connectivity index (χ1v) is 11.5. The van der Waals surface area contributed by atoms with Crippen LogP contribution in [-0.4, -0.2) is 20.9 Å². The van der Waals surface area contributed by atoms with Crippen molar-refractivity contribution in [1.29, 1.82) is 0 Å². The minimum atomic E-state index is -4.75. The highest BCUT2D eigenvalue weighted by Crippen LogP contribution is 2.34. The van der Waals surface area contributed by atoms with Crippen molar-refractivity contribution in [2.45, 2.75) is 32.4 Å². The van der Waals surface area contributed by atoms with Crippen LogP contribution in [-0.2, 0) is 12.1 Å². The van der Waals surface area contributed by atoms with Crippen LogP contribution in [0.2, 0.25) is 5.02 Å². The normalized spacial score (nSPS) is 12.3. The zero-order chi connectivity index (χ0) is 25.5. The van der Waals surface area contributed by atoms with Crippen LogP contribution in [0.1, 0.15) is 25.2 Å². The van der Waals surface area contributed by atoms with Gasteiger partial charge in [0.05, 0.1) is 16.6 Å². The first-order valence-electron chi connectivity index (χ1n) is 11.1. The highest BCUT2D eigenvalue weighted by molar-refractivity contribution is 6.30. The van der Waals surface area contributed by atoms with E-state index < -0.39 is 12.0 Å². The summed E-state index contributed by atoms with van der Waals surface area (Å²) in [5, 5.41) is 1.51. The monoisotopic (exact) mass is 511 g/mol. The summed E-state index contributed by atoms with van der Waals surface area (Å²) in [5.74, 6) is 1.01. The molecule has 9 heteroatoms. The molecule has 0 aliphatic heterocycles. The molecule has 0 N–H and O–H groups in total. The number of halogens is 4. The Labute approximate surface area is 210 Å². The number of hydrogen-bond acceptors (Lipinski definition) is 4. The molecule has 5 nitrogen and oxygen atoms in total. The molecule has 0 amide bonds. The third-order valence-corrected chi connectivity index (χ3v) is 5.96. The summed E-state index contributed by atoms with van der Waals surface area (Å²) < 4.78 is 50.2. The van der Waals surface area contributed by atoms with Gasteiger partial charge in [-0.05, 0) is 80.1 Å². The third kappa shape index (κ3) is 4.95. The molecule has 0 spiro atoms. The number of ether oxygens (including phenoxy) is 2. The van der Waals surface area contributed by atoms with Crippen molar-refractivity contribution in [1.82, 2.24) is 14.5 Å². The fourth-order valence-electron chi connectivity index (χ4n) is 4.22. The number of rotatable bonds is 6. The summed E-state index contributed by atoms with van der Waals surface area (Å²) in [6.07, 6.45) is -3.02. The molecule has 2 aromatic heterocycles. The van der Waals surface area contributed by atoms with Gasteiger partial charge in [0, 0.05) is 23.2 Å². The molecule has 0 saturated carbocycles. The molecule has 0 aliphatic carbocycles. The molecule has 0 aliphatic rings. The smallest absolute Gasteiger partial charge is 0.480 e. The minimum absolute atomic E-state index is 0.275. The van der Waals surface area contributed by atoms with Crippen molar-refractivity contribution in [3.05, 3.63) is 95.4 Å². The molecule has 184 valence electrons. The molecule has 0 atom stereocenters. The van der Waals surface area contributed by atoms with E-state index in [0.717, 1.165) is 27.5 Å². The predicted octanol–water partition coefficient (Wildman–Crippen LogP) is 7.50. The Morgan fingerprint density at radius 1 is 0.833 bits per heavy atom. The summed E-state index contributed by atoms with van der Waals surface area (Å²) in [5.41, 5.74) is 2.34. The molecule has 36 heavy (non-hydrogen) atoms. The number of aromatic nitrogens is 3. The lowest BCUT2D eigenvalue weighted by molar-refractivity contribution is -0.274. The van der Waals surface area contributed by atoms with Crippen LogP contribution in [0.15, 0.2) is 79.0 Å². The fourth-order valence-corrected chi connectivity index (χ4v) is 4.34. The molecule has 0 saturated heterocycles. The second-order valence-electron chi connectivity index (χ2n) is 8.78. The zero-order valence-electron chi connectivity index (χ0n) is 19.4. The lowest BCUT2D eigenvalue weighted by Gasteiger charge is -2.27. The quantitative estimate of drug-likeness (QED) is 0.237. The van der Waals surface area contributed by atoms with E-state index in [-0.39, 0.29) is 5.75 Å². The van der Waals surface area contributed by atoms with Crippen LogP contribution in [0.3, 0.4) is 0 Å². The average molecular weight is 512 g/mol. The van der Waals surface area contributed by atoms with Crippen molar-refractivity contribution in [3.8, 4) is 11.5 Å². The van der Waals surface area contributed by atoms with E-state index in [0.29, 0.717) is 23.1 Å². The molecule has 2 heterocycles. The van der Waals surface area contributed by atoms with Crippen molar-refractivity contribution in [2.24, 2.45) is 0 Å². The van der Waals surface area contributed by atoms with Crippen molar-refractivity contribution < 1.29 is 22.6 Å². The van der Waals surface area contributed by atoms with Crippen molar-refractivity contribution >= 4 is 33.5 Å². The van der Waals surface area contributed by atoms with Crippen LogP contribution in [0.5, 0.6) is 11.5 Å². The number of hydrogen-bond donors (Lipinski definition) is 0.